The van der Waals surface area contributed by atoms with Gasteiger partial charge in [-0.05, 0) is 49.5 Å². The van der Waals surface area contributed by atoms with E-state index in [-0.39, 0.29) is 24.2 Å². The Morgan fingerprint density at radius 2 is 1.96 bits per heavy atom. The third-order valence-corrected chi connectivity index (χ3v) is 4.20. The molecule has 2 rings (SSSR count). The maximum absolute atomic E-state index is 12.1. The van der Waals surface area contributed by atoms with Crippen LogP contribution in [0.4, 0.5) is 0 Å². The molecule has 0 unspecified atom stereocenters. The average molecular weight is 355 g/mol. The molecule has 24 heavy (non-hydrogen) atoms. The number of carbonyl (C=O) groups is 2. The molecule has 1 amide bonds. The molecule has 2 N–H and O–H groups in total. The van der Waals surface area contributed by atoms with Gasteiger partial charge in [-0.3, -0.25) is 14.5 Å². The van der Waals surface area contributed by atoms with Crippen LogP contribution < -0.4 is 5.32 Å². The van der Waals surface area contributed by atoms with Gasteiger partial charge in [0.1, 0.15) is 0 Å². The predicted octanol–water partition coefficient (Wildman–Crippen LogP) is 2.79. The molecular weight excluding hydrogens is 328 g/mol. The highest BCUT2D eigenvalue weighted by Gasteiger charge is 2.24. The van der Waals surface area contributed by atoms with Crippen molar-refractivity contribution < 1.29 is 14.7 Å². The van der Waals surface area contributed by atoms with Crippen LogP contribution in [0.1, 0.15) is 42.6 Å². The summed E-state index contributed by atoms with van der Waals surface area (Å²) in [5.74, 6) is -0.504. The topological polar surface area (TPSA) is 69.6 Å². The van der Waals surface area contributed by atoms with Gasteiger partial charge in [-0.1, -0.05) is 26.0 Å². The van der Waals surface area contributed by atoms with Crippen LogP contribution in [0.5, 0.6) is 0 Å². The van der Waals surface area contributed by atoms with Crippen molar-refractivity contribution in [2.45, 2.75) is 33.2 Å². The Labute approximate surface area is 149 Å². The van der Waals surface area contributed by atoms with E-state index in [1.54, 1.807) is 0 Å². The molecule has 0 radical (unpaired) electrons. The number of likely N-dealkylation sites (tertiary alicyclic amines) is 1. The van der Waals surface area contributed by atoms with Crippen LogP contribution in [0.25, 0.3) is 0 Å². The maximum Gasteiger partial charge on any atom is 0.306 e. The fourth-order valence-corrected chi connectivity index (χ4v) is 2.81. The summed E-state index contributed by atoms with van der Waals surface area (Å²) >= 11 is 0. The van der Waals surface area contributed by atoms with Crippen molar-refractivity contribution in [1.29, 1.82) is 0 Å². The van der Waals surface area contributed by atoms with Crippen molar-refractivity contribution in [3.63, 3.8) is 0 Å². The van der Waals surface area contributed by atoms with E-state index in [0.717, 1.165) is 25.2 Å². The molecule has 1 heterocycles. The second-order valence-corrected chi connectivity index (χ2v) is 6.69. The Balaban J connectivity index is 0.00000288. The number of nitrogens with one attached hydrogen (secondary N) is 1. The van der Waals surface area contributed by atoms with Gasteiger partial charge < -0.3 is 10.4 Å². The summed E-state index contributed by atoms with van der Waals surface area (Å²) < 4.78 is 0. The number of halogens is 1. The average Bonchev–Trinajstić information content (AvgIpc) is 2.53. The quantitative estimate of drug-likeness (QED) is 0.824. The van der Waals surface area contributed by atoms with Crippen LogP contribution in [-0.4, -0.2) is 41.5 Å². The van der Waals surface area contributed by atoms with Crippen molar-refractivity contribution in [3.05, 3.63) is 35.4 Å². The smallest absolute Gasteiger partial charge is 0.306 e. The van der Waals surface area contributed by atoms with Crippen molar-refractivity contribution in [2.24, 2.45) is 11.8 Å². The molecule has 0 aliphatic carbocycles. The van der Waals surface area contributed by atoms with Crippen LogP contribution >= 0.6 is 12.4 Å². The fourth-order valence-electron chi connectivity index (χ4n) is 2.81. The highest BCUT2D eigenvalue weighted by Crippen LogP contribution is 2.19. The molecule has 0 saturated carbocycles. The van der Waals surface area contributed by atoms with Gasteiger partial charge in [0.25, 0.3) is 5.91 Å². The minimum absolute atomic E-state index is 0. The van der Waals surface area contributed by atoms with Crippen molar-refractivity contribution in [3.8, 4) is 0 Å². The minimum Gasteiger partial charge on any atom is -0.481 e. The van der Waals surface area contributed by atoms with Crippen LogP contribution in [-0.2, 0) is 11.3 Å². The number of rotatable bonds is 6. The summed E-state index contributed by atoms with van der Waals surface area (Å²) in [5, 5.41) is 12.0. The lowest BCUT2D eigenvalue weighted by Crippen LogP contribution is -2.35. The number of piperidine rings is 1. The summed E-state index contributed by atoms with van der Waals surface area (Å²) in [6, 6.07) is 7.68. The van der Waals surface area contributed by atoms with E-state index >= 15 is 0 Å². The second kappa shape index (κ2) is 9.64. The Morgan fingerprint density at radius 3 is 2.54 bits per heavy atom. The molecule has 1 saturated heterocycles. The lowest BCUT2D eigenvalue weighted by Gasteiger charge is -2.30. The minimum atomic E-state index is -0.687. The van der Waals surface area contributed by atoms with Crippen LogP contribution in [0.2, 0.25) is 0 Å². The lowest BCUT2D eigenvalue weighted by molar-refractivity contribution is -0.143. The van der Waals surface area contributed by atoms with Crippen molar-refractivity contribution in [1.82, 2.24) is 10.2 Å². The number of aliphatic carboxylic acids is 1. The third-order valence-electron chi connectivity index (χ3n) is 4.20. The van der Waals surface area contributed by atoms with Crippen LogP contribution in [0.15, 0.2) is 24.3 Å². The van der Waals surface area contributed by atoms with Crippen molar-refractivity contribution >= 4 is 24.3 Å². The Hall–Kier alpha value is -1.59. The van der Waals surface area contributed by atoms with Crippen LogP contribution in [0.3, 0.4) is 0 Å². The van der Waals surface area contributed by atoms with E-state index in [0.29, 0.717) is 30.9 Å². The largest absolute Gasteiger partial charge is 0.481 e. The molecule has 0 bridgehead atoms. The van der Waals surface area contributed by atoms with E-state index in [1.165, 1.54) is 0 Å². The molecule has 0 aromatic heterocycles. The fraction of sp³-hybridized carbons (Fsp3) is 0.556. The molecule has 1 fully saturated rings. The summed E-state index contributed by atoms with van der Waals surface area (Å²) in [4.78, 5) is 25.4. The maximum atomic E-state index is 12.1. The highest BCUT2D eigenvalue weighted by atomic mass is 35.5. The molecule has 1 aromatic rings. The standard InChI is InChI=1S/C18H26N2O3.ClH/c1-13(2)11-19-17(21)16-5-3-4-14(10-16)12-20-8-6-15(7-9-20)18(22)23;/h3-5,10,13,15H,6-9,11-12H2,1-2H3,(H,19,21)(H,22,23);1H. The van der Waals surface area contributed by atoms with E-state index in [9.17, 15) is 9.59 Å². The van der Waals surface area contributed by atoms with Gasteiger partial charge in [0.2, 0.25) is 0 Å². The van der Waals surface area contributed by atoms with E-state index in [4.69, 9.17) is 5.11 Å². The first-order chi connectivity index (χ1) is 11.0. The molecule has 1 aliphatic heterocycles. The zero-order chi connectivity index (χ0) is 16.8. The molecule has 0 spiro atoms. The van der Waals surface area contributed by atoms with E-state index < -0.39 is 5.97 Å². The molecule has 5 nitrogen and oxygen atoms in total. The van der Waals surface area contributed by atoms with Gasteiger partial charge in [0, 0.05) is 18.7 Å². The van der Waals surface area contributed by atoms with Crippen molar-refractivity contribution in [2.75, 3.05) is 19.6 Å². The number of hydrogen-bond acceptors (Lipinski definition) is 3. The molecule has 1 aromatic carbocycles. The molecular formula is C18H27ClN2O3. The summed E-state index contributed by atoms with van der Waals surface area (Å²) in [7, 11) is 0. The third kappa shape index (κ3) is 6.13. The zero-order valence-electron chi connectivity index (χ0n) is 14.3. The first-order valence-electron chi connectivity index (χ1n) is 8.28. The summed E-state index contributed by atoms with van der Waals surface area (Å²) in [6.45, 7) is 7.15. The van der Waals surface area contributed by atoms with Gasteiger partial charge in [-0.2, -0.15) is 0 Å². The van der Waals surface area contributed by atoms with Gasteiger partial charge in [-0.25, -0.2) is 0 Å². The Kier molecular flexibility index (Phi) is 8.22. The normalized spacial score (nSPS) is 15.8. The molecule has 1 aliphatic rings. The molecule has 6 heteroatoms. The molecule has 0 atom stereocenters. The predicted molar refractivity (Wildman–Crippen MR) is 96.5 cm³/mol. The molecule has 134 valence electrons. The lowest BCUT2D eigenvalue weighted by atomic mass is 9.96. The second-order valence-electron chi connectivity index (χ2n) is 6.69. The SMILES string of the molecule is CC(C)CNC(=O)c1cccc(CN2CCC(C(=O)O)CC2)c1.Cl. The highest BCUT2D eigenvalue weighted by molar-refractivity contribution is 5.94. The Bertz CT molecular complexity index is 555. The number of benzene rings is 1. The summed E-state index contributed by atoms with van der Waals surface area (Å²) in [6.07, 6.45) is 1.40. The number of carbonyl (C=O) groups excluding carboxylic acids is 1. The van der Waals surface area contributed by atoms with Crippen LogP contribution in [0, 0.1) is 11.8 Å². The number of nitrogens with zero attached hydrogens (tertiary/aromatic N) is 1. The van der Waals surface area contributed by atoms with E-state index in [1.807, 2.05) is 24.3 Å². The first-order valence-corrected chi connectivity index (χ1v) is 8.28. The van der Waals surface area contributed by atoms with Gasteiger partial charge in [0.15, 0.2) is 0 Å². The number of amides is 1. The summed E-state index contributed by atoms with van der Waals surface area (Å²) in [5.41, 5.74) is 1.78. The Morgan fingerprint density at radius 1 is 1.29 bits per heavy atom. The van der Waals surface area contributed by atoms with Gasteiger partial charge in [0.05, 0.1) is 5.92 Å². The monoisotopic (exact) mass is 354 g/mol. The first kappa shape index (κ1) is 20.5. The van der Waals surface area contributed by atoms with Gasteiger partial charge >= 0.3 is 5.97 Å². The van der Waals surface area contributed by atoms with Gasteiger partial charge in [-0.15, -0.1) is 12.4 Å². The van der Waals surface area contributed by atoms with E-state index in [2.05, 4.69) is 24.1 Å². The number of carboxylic acids is 1. The number of carboxylic acid groups (broad SMARTS) is 1. The zero-order valence-corrected chi connectivity index (χ0v) is 15.1. The number of hydrogen-bond donors (Lipinski definition) is 2.